The van der Waals surface area contributed by atoms with E-state index in [1.807, 2.05) is 0 Å². The van der Waals surface area contributed by atoms with E-state index in [9.17, 15) is 0 Å². The van der Waals surface area contributed by atoms with Gasteiger partial charge in [0.25, 0.3) is 0 Å². The molecule has 1 unspecified atom stereocenters. The lowest BCUT2D eigenvalue weighted by Gasteiger charge is -2.15. The molecule has 0 heterocycles. The molecule has 0 fully saturated rings. The Hall–Kier alpha value is -2.58. The van der Waals surface area contributed by atoms with Crippen molar-refractivity contribution < 1.29 is 9.47 Å². The topological polar surface area (TPSA) is 18.5 Å². The Morgan fingerprint density at radius 3 is 1.62 bits per heavy atom. The second-order valence-electron chi connectivity index (χ2n) is 10.2. The highest BCUT2D eigenvalue weighted by Gasteiger charge is 2.10. The van der Waals surface area contributed by atoms with Gasteiger partial charge in [0.1, 0.15) is 5.75 Å². The molecule has 2 heteroatoms. The van der Waals surface area contributed by atoms with E-state index in [1.165, 1.54) is 79.2 Å². The molecule has 0 spiro atoms. The summed E-state index contributed by atoms with van der Waals surface area (Å²) >= 11 is 0. The molecule has 0 N–H and O–H groups in total. The first kappa shape index (κ1) is 29.0. The Morgan fingerprint density at radius 1 is 0.541 bits per heavy atom. The van der Waals surface area contributed by atoms with Crippen LogP contribution in [0.2, 0.25) is 0 Å². The molecule has 200 valence electrons. The Labute approximate surface area is 226 Å². The predicted molar refractivity (Wildman–Crippen MR) is 159 cm³/mol. The molecule has 0 aliphatic carbocycles. The fourth-order valence-electron chi connectivity index (χ4n) is 4.75. The molecule has 0 bridgehead atoms. The zero-order chi connectivity index (χ0) is 26.1. The van der Waals surface area contributed by atoms with E-state index in [2.05, 4.69) is 93.6 Å². The van der Waals surface area contributed by atoms with Crippen molar-refractivity contribution in [2.24, 2.45) is 0 Å². The minimum Gasteiger partial charge on any atom is -0.494 e. The third kappa shape index (κ3) is 10.0. The van der Waals surface area contributed by atoms with Crippen LogP contribution in [-0.4, -0.2) is 13.2 Å². The van der Waals surface area contributed by atoms with Gasteiger partial charge in [-0.1, -0.05) is 132 Å². The lowest BCUT2D eigenvalue weighted by atomic mass is 9.94. The number of hydrogen-bond donors (Lipinski definition) is 0. The minimum absolute atomic E-state index is 0.124. The number of unbranched alkanes of at least 4 members (excludes halogenated alkanes) is 9. The van der Waals surface area contributed by atoms with Crippen molar-refractivity contribution in [1.82, 2.24) is 0 Å². The largest absolute Gasteiger partial charge is 0.494 e. The summed E-state index contributed by atoms with van der Waals surface area (Å²) in [7, 11) is 0. The molecule has 3 aromatic carbocycles. The van der Waals surface area contributed by atoms with Gasteiger partial charge in [0, 0.05) is 6.61 Å². The monoisotopic (exact) mass is 500 g/mol. The van der Waals surface area contributed by atoms with Crippen molar-refractivity contribution in [2.75, 3.05) is 13.2 Å². The van der Waals surface area contributed by atoms with Crippen LogP contribution in [-0.2, 0) is 4.74 Å². The maximum absolute atomic E-state index is 6.16. The highest BCUT2D eigenvalue weighted by Crippen LogP contribution is 2.33. The van der Waals surface area contributed by atoms with Gasteiger partial charge in [0.05, 0.1) is 12.7 Å². The van der Waals surface area contributed by atoms with Gasteiger partial charge < -0.3 is 9.47 Å². The van der Waals surface area contributed by atoms with E-state index in [4.69, 9.17) is 9.47 Å². The predicted octanol–water partition coefficient (Wildman–Crippen LogP) is 10.8. The van der Waals surface area contributed by atoms with Crippen molar-refractivity contribution in [3.8, 4) is 28.0 Å². The molecule has 37 heavy (non-hydrogen) atoms. The van der Waals surface area contributed by atoms with E-state index in [0.717, 1.165) is 38.2 Å². The van der Waals surface area contributed by atoms with E-state index in [-0.39, 0.29) is 6.10 Å². The molecule has 3 aromatic rings. The number of rotatable bonds is 18. The normalized spacial score (nSPS) is 12.0. The lowest BCUT2D eigenvalue weighted by Crippen LogP contribution is -2.02. The Balaban J connectivity index is 1.49. The van der Waals surface area contributed by atoms with Gasteiger partial charge >= 0.3 is 0 Å². The number of hydrogen-bond acceptors (Lipinski definition) is 2. The van der Waals surface area contributed by atoms with Gasteiger partial charge in [-0.2, -0.15) is 0 Å². The van der Waals surface area contributed by atoms with Crippen molar-refractivity contribution >= 4 is 0 Å². The molecule has 0 amide bonds. The third-order valence-corrected chi connectivity index (χ3v) is 7.17. The van der Waals surface area contributed by atoms with E-state index >= 15 is 0 Å². The van der Waals surface area contributed by atoms with Crippen molar-refractivity contribution in [2.45, 2.75) is 97.5 Å². The maximum atomic E-state index is 6.16. The molecular weight excluding hydrogens is 452 g/mol. The van der Waals surface area contributed by atoms with E-state index < -0.39 is 0 Å². The quantitative estimate of drug-likeness (QED) is 0.162. The second-order valence-corrected chi connectivity index (χ2v) is 10.2. The standard InChI is InChI=1S/C35H48O2/c1-4-6-8-9-10-11-12-13-16-28-36-29(3)30-19-21-31(22-20-30)34-17-14-15-18-35(34)32-23-25-33(26-24-32)37-27-7-5-2/h14-15,17-26,29H,4-13,16,27-28H2,1-3H3. The summed E-state index contributed by atoms with van der Waals surface area (Å²) in [6.45, 7) is 8.25. The number of benzene rings is 3. The van der Waals surface area contributed by atoms with Gasteiger partial charge in [-0.15, -0.1) is 0 Å². The van der Waals surface area contributed by atoms with Crippen LogP contribution >= 0.6 is 0 Å². The molecular formula is C35H48O2. The van der Waals surface area contributed by atoms with Crippen LogP contribution in [0.15, 0.2) is 72.8 Å². The maximum Gasteiger partial charge on any atom is 0.119 e. The van der Waals surface area contributed by atoms with Crippen LogP contribution < -0.4 is 4.74 Å². The Kier molecular flexibility index (Phi) is 13.3. The van der Waals surface area contributed by atoms with Crippen LogP contribution in [0.1, 0.15) is 103 Å². The van der Waals surface area contributed by atoms with Gasteiger partial charge in [0.2, 0.25) is 0 Å². The summed E-state index contributed by atoms with van der Waals surface area (Å²) in [5.74, 6) is 0.940. The fraction of sp³-hybridized carbons (Fsp3) is 0.486. The van der Waals surface area contributed by atoms with Crippen molar-refractivity contribution in [1.29, 1.82) is 0 Å². The molecule has 0 aromatic heterocycles. The highest BCUT2D eigenvalue weighted by molar-refractivity contribution is 5.83. The summed E-state index contributed by atoms with van der Waals surface area (Å²) in [4.78, 5) is 0. The fourth-order valence-corrected chi connectivity index (χ4v) is 4.75. The van der Waals surface area contributed by atoms with Crippen LogP contribution in [0, 0.1) is 0 Å². The van der Waals surface area contributed by atoms with Crippen molar-refractivity contribution in [3.63, 3.8) is 0 Å². The smallest absolute Gasteiger partial charge is 0.119 e. The van der Waals surface area contributed by atoms with E-state index in [0.29, 0.717) is 0 Å². The van der Waals surface area contributed by atoms with Gasteiger partial charge in [-0.3, -0.25) is 0 Å². The molecule has 0 radical (unpaired) electrons. The van der Waals surface area contributed by atoms with Gasteiger partial charge in [0.15, 0.2) is 0 Å². The van der Waals surface area contributed by atoms with Gasteiger partial charge in [-0.25, -0.2) is 0 Å². The summed E-state index contributed by atoms with van der Waals surface area (Å²) < 4.78 is 12.0. The first-order valence-corrected chi connectivity index (χ1v) is 14.8. The minimum atomic E-state index is 0.124. The average Bonchev–Trinajstić information content (AvgIpc) is 2.94. The van der Waals surface area contributed by atoms with Crippen LogP contribution in [0.3, 0.4) is 0 Å². The first-order valence-electron chi connectivity index (χ1n) is 14.8. The summed E-state index contributed by atoms with van der Waals surface area (Å²) in [5.41, 5.74) is 6.17. The molecule has 2 nitrogen and oxygen atoms in total. The average molecular weight is 501 g/mol. The highest BCUT2D eigenvalue weighted by atomic mass is 16.5. The number of ether oxygens (including phenoxy) is 2. The van der Waals surface area contributed by atoms with E-state index in [1.54, 1.807) is 0 Å². The van der Waals surface area contributed by atoms with Crippen LogP contribution in [0.5, 0.6) is 5.75 Å². The zero-order valence-electron chi connectivity index (χ0n) is 23.5. The zero-order valence-corrected chi connectivity index (χ0v) is 23.5. The van der Waals surface area contributed by atoms with Crippen molar-refractivity contribution in [3.05, 3.63) is 78.4 Å². The summed E-state index contributed by atoms with van der Waals surface area (Å²) in [6.07, 6.45) is 14.4. The van der Waals surface area contributed by atoms with Crippen LogP contribution in [0.25, 0.3) is 22.3 Å². The third-order valence-electron chi connectivity index (χ3n) is 7.17. The molecule has 0 saturated heterocycles. The molecule has 3 rings (SSSR count). The summed E-state index contributed by atoms with van der Waals surface area (Å²) in [5, 5.41) is 0. The lowest BCUT2D eigenvalue weighted by molar-refractivity contribution is 0.0627. The SMILES string of the molecule is CCCCCCCCCCCOC(C)c1ccc(-c2ccccc2-c2ccc(OCCCC)cc2)cc1. The Bertz CT molecular complexity index is 991. The van der Waals surface area contributed by atoms with Crippen LogP contribution in [0.4, 0.5) is 0 Å². The molecule has 0 aliphatic rings. The second kappa shape index (κ2) is 17.0. The summed E-state index contributed by atoms with van der Waals surface area (Å²) in [6, 6.07) is 26.0. The Morgan fingerprint density at radius 2 is 1.05 bits per heavy atom. The first-order chi connectivity index (χ1) is 18.2. The molecule has 1 atom stereocenters. The molecule has 0 aliphatic heterocycles. The van der Waals surface area contributed by atoms with Gasteiger partial charge in [-0.05, 0) is 59.7 Å². The molecule has 0 saturated carbocycles.